The molecule has 6 nitrogen and oxygen atoms in total. The number of amides is 2. The first kappa shape index (κ1) is 15.8. The van der Waals surface area contributed by atoms with Crippen molar-refractivity contribution in [3.05, 3.63) is 10.6 Å². The van der Waals surface area contributed by atoms with Crippen molar-refractivity contribution in [2.45, 2.75) is 39.2 Å². The number of aryl methyl sites for hydroxylation is 1. The van der Waals surface area contributed by atoms with Crippen LogP contribution < -0.4 is 5.73 Å². The van der Waals surface area contributed by atoms with E-state index >= 15 is 0 Å². The second-order valence-corrected chi connectivity index (χ2v) is 6.41. The topological polar surface area (TPSA) is 79.5 Å². The van der Waals surface area contributed by atoms with Gasteiger partial charge in [-0.2, -0.15) is 0 Å². The number of nitrogens with zero attached hydrogens (tertiary/aromatic N) is 3. The molecule has 2 rings (SSSR count). The zero-order valence-electron chi connectivity index (χ0n) is 12.8. The monoisotopic (exact) mass is 310 g/mol. The normalized spacial score (nSPS) is 19.2. The minimum Gasteiger partial charge on any atom is -0.375 e. The van der Waals surface area contributed by atoms with E-state index < -0.39 is 0 Å². The van der Waals surface area contributed by atoms with E-state index in [1.165, 1.54) is 11.3 Å². The zero-order chi connectivity index (χ0) is 15.6. The number of thiazole rings is 1. The Morgan fingerprint density at radius 2 is 2.19 bits per heavy atom. The molecule has 0 spiro atoms. The third-order valence-electron chi connectivity index (χ3n) is 3.81. The van der Waals surface area contributed by atoms with Crippen molar-refractivity contribution in [2.75, 3.05) is 25.9 Å². The van der Waals surface area contributed by atoms with Gasteiger partial charge in [0.25, 0.3) is 5.91 Å². The Bertz CT molecular complexity index is 543. The van der Waals surface area contributed by atoms with E-state index in [2.05, 4.69) is 11.9 Å². The molecule has 0 saturated carbocycles. The molecule has 21 heavy (non-hydrogen) atoms. The lowest BCUT2D eigenvalue weighted by atomic mass is 10.0. The fourth-order valence-electron chi connectivity index (χ4n) is 2.58. The Kier molecular flexibility index (Phi) is 4.82. The Balaban J connectivity index is 2.24. The van der Waals surface area contributed by atoms with Crippen molar-refractivity contribution in [3.63, 3.8) is 0 Å². The molecule has 1 aromatic heterocycles. The number of carbonyl (C=O) groups is 2. The molecule has 2 amide bonds. The summed E-state index contributed by atoms with van der Waals surface area (Å²) in [6.45, 7) is 4.99. The second-order valence-electron chi connectivity index (χ2n) is 5.38. The molecule has 1 fully saturated rings. The molecule has 0 aliphatic carbocycles. The maximum atomic E-state index is 12.7. The van der Waals surface area contributed by atoms with E-state index in [0.717, 1.165) is 12.8 Å². The lowest BCUT2D eigenvalue weighted by Crippen LogP contribution is -2.57. The van der Waals surface area contributed by atoms with Gasteiger partial charge in [-0.1, -0.05) is 31.1 Å². The van der Waals surface area contributed by atoms with E-state index in [9.17, 15) is 9.59 Å². The van der Waals surface area contributed by atoms with E-state index in [1.54, 1.807) is 23.8 Å². The second kappa shape index (κ2) is 6.43. The zero-order valence-corrected chi connectivity index (χ0v) is 13.6. The Labute approximate surface area is 128 Å². The van der Waals surface area contributed by atoms with Crippen molar-refractivity contribution < 1.29 is 9.59 Å². The lowest BCUT2D eigenvalue weighted by Gasteiger charge is -2.39. The van der Waals surface area contributed by atoms with E-state index in [4.69, 9.17) is 5.73 Å². The van der Waals surface area contributed by atoms with E-state index in [-0.39, 0.29) is 17.9 Å². The van der Waals surface area contributed by atoms with Gasteiger partial charge >= 0.3 is 0 Å². The average Bonchev–Trinajstić information content (AvgIpc) is 2.78. The van der Waals surface area contributed by atoms with Gasteiger partial charge < -0.3 is 15.5 Å². The van der Waals surface area contributed by atoms with Gasteiger partial charge in [0.15, 0.2) is 5.13 Å². The van der Waals surface area contributed by atoms with Crippen molar-refractivity contribution >= 4 is 28.3 Å². The SMILES string of the molecule is CCCC[C@@H]1C(=O)N(C)CCN1C(=O)c1sc(N)nc1C. The van der Waals surface area contributed by atoms with Gasteiger partial charge in [0.05, 0.1) is 5.69 Å². The van der Waals surface area contributed by atoms with Crippen molar-refractivity contribution in [2.24, 2.45) is 0 Å². The number of rotatable bonds is 4. The predicted molar refractivity (Wildman–Crippen MR) is 83.2 cm³/mol. The highest BCUT2D eigenvalue weighted by atomic mass is 32.1. The molecule has 1 saturated heterocycles. The number of unbranched alkanes of at least 4 members (excludes halogenated alkanes) is 1. The first-order chi connectivity index (χ1) is 9.95. The van der Waals surface area contributed by atoms with Crippen LogP contribution in [0.2, 0.25) is 0 Å². The van der Waals surface area contributed by atoms with Crippen molar-refractivity contribution in [1.29, 1.82) is 0 Å². The van der Waals surface area contributed by atoms with Crippen LogP contribution in [-0.4, -0.2) is 52.8 Å². The molecular weight excluding hydrogens is 288 g/mol. The number of hydrogen-bond acceptors (Lipinski definition) is 5. The Morgan fingerprint density at radius 1 is 1.48 bits per heavy atom. The summed E-state index contributed by atoms with van der Waals surface area (Å²) in [6.07, 6.45) is 2.64. The largest absolute Gasteiger partial charge is 0.375 e. The minimum atomic E-state index is -0.362. The summed E-state index contributed by atoms with van der Waals surface area (Å²) in [6, 6.07) is -0.362. The fourth-order valence-corrected chi connectivity index (χ4v) is 3.37. The van der Waals surface area contributed by atoms with Gasteiger partial charge in [-0.25, -0.2) is 4.98 Å². The summed E-state index contributed by atoms with van der Waals surface area (Å²) in [5.41, 5.74) is 6.31. The molecule has 1 aliphatic heterocycles. The Hall–Kier alpha value is -1.63. The minimum absolute atomic E-state index is 0.0261. The summed E-state index contributed by atoms with van der Waals surface area (Å²) in [4.78, 5) is 33.1. The smallest absolute Gasteiger partial charge is 0.266 e. The molecule has 1 aromatic rings. The number of nitrogens with two attached hydrogens (primary N) is 1. The third kappa shape index (κ3) is 3.18. The molecule has 7 heteroatoms. The van der Waals surface area contributed by atoms with Gasteiger partial charge in [-0.3, -0.25) is 9.59 Å². The summed E-state index contributed by atoms with van der Waals surface area (Å²) >= 11 is 1.19. The van der Waals surface area contributed by atoms with E-state index in [0.29, 0.717) is 35.2 Å². The van der Waals surface area contributed by atoms with Gasteiger partial charge in [0.2, 0.25) is 5.91 Å². The molecule has 0 bridgehead atoms. The first-order valence-corrected chi connectivity index (χ1v) is 8.06. The maximum absolute atomic E-state index is 12.7. The van der Waals surface area contributed by atoms with Crippen LogP contribution in [0.1, 0.15) is 41.6 Å². The van der Waals surface area contributed by atoms with Crippen LogP contribution in [0.5, 0.6) is 0 Å². The van der Waals surface area contributed by atoms with Crippen LogP contribution in [0.3, 0.4) is 0 Å². The number of likely N-dealkylation sites (N-methyl/N-ethyl adjacent to an activating group) is 1. The number of carbonyl (C=O) groups excluding carboxylic acids is 2. The summed E-state index contributed by atoms with van der Waals surface area (Å²) in [7, 11) is 1.79. The standard InChI is InChI=1S/C14H22N4O2S/c1-4-5-6-10-12(19)17(3)7-8-18(10)13(20)11-9(2)16-14(15)21-11/h10H,4-8H2,1-3H3,(H2,15,16)/t10-/m1/s1. The number of aromatic nitrogens is 1. The molecular formula is C14H22N4O2S. The summed E-state index contributed by atoms with van der Waals surface area (Å²) in [5, 5.41) is 0.390. The van der Waals surface area contributed by atoms with Gasteiger partial charge in [0, 0.05) is 20.1 Å². The third-order valence-corrected chi connectivity index (χ3v) is 4.79. The molecule has 2 heterocycles. The first-order valence-electron chi connectivity index (χ1n) is 7.24. The number of piperazine rings is 1. The number of nitrogen functional groups attached to an aromatic ring is 1. The van der Waals surface area contributed by atoms with Crippen LogP contribution in [0.4, 0.5) is 5.13 Å². The summed E-state index contributed by atoms with van der Waals surface area (Å²) < 4.78 is 0. The van der Waals surface area contributed by atoms with Gasteiger partial charge in [-0.05, 0) is 13.3 Å². The molecule has 1 aliphatic rings. The molecule has 0 aromatic carbocycles. The van der Waals surface area contributed by atoms with Crippen LogP contribution >= 0.6 is 11.3 Å². The van der Waals surface area contributed by atoms with Crippen LogP contribution in [0.15, 0.2) is 0 Å². The van der Waals surface area contributed by atoms with Crippen molar-refractivity contribution in [3.8, 4) is 0 Å². The highest BCUT2D eigenvalue weighted by Gasteiger charge is 2.36. The van der Waals surface area contributed by atoms with Gasteiger partial charge in [-0.15, -0.1) is 0 Å². The predicted octanol–water partition coefficient (Wildman–Crippen LogP) is 1.51. The summed E-state index contributed by atoms with van der Waals surface area (Å²) in [5.74, 6) is -0.0950. The maximum Gasteiger partial charge on any atom is 0.266 e. The number of hydrogen-bond donors (Lipinski definition) is 1. The lowest BCUT2D eigenvalue weighted by molar-refractivity contribution is -0.138. The molecule has 1 atom stereocenters. The van der Waals surface area contributed by atoms with Crippen LogP contribution in [-0.2, 0) is 4.79 Å². The molecule has 116 valence electrons. The fraction of sp³-hybridized carbons (Fsp3) is 0.643. The quantitative estimate of drug-likeness (QED) is 0.914. The highest BCUT2D eigenvalue weighted by molar-refractivity contribution is 7.17. The van der Waals surface area contributed by atoms with E-state index in [1.807, 2.05) is 0 Å². The highest BCUT2D eigenvalue weighted by Crippen LogP contribution is 2.25. The molecule has 2 N–H and O–H groups in total. The Morgan fingerprint density at radius 3 is 2.76 bits per heavy atom. The molecule has 0 radical (unpaired) electrons. The molecule has 0 unspecified atom stereocenters. The van der Waals surface area contributed by atoms with Crippen molar-refractivity contribution in [1.82, 2.24) is 14.8 Å². The number of anilines is 1. The van der Waals surface area contributed by atoms with Gasteiger partial charge in [0.1, 0.15) is 10.9 Å². The average molecular weight is 310 g/mol. The van der Waals surface area contributed by atoms with Crippen LogP contribution in [0.25, 0.3) is 0 Å². The van der Waals surface area contributed by atoms with Crippen LogP contribution in [0, 0.1) is 6.92 Å².